The number of hydrogen-bond acceptors (Lipinski definition) is 11. The highest BCUT2D eigenvalue weighted by molar-refractivity contribution is 7.85. The molecule has 135 heavy (non-hydrogen) atoms. The number of benzene rings is 18. The predicted molar refractivity (Wildman–Crippen MR) is 572 cm³/mol. The van der Waals surface area contributed by atoms with Crippen LogP contribution in [0.5, 0.6) is 0 Å². The first-order valence-corrected chi connectivity index (χ1v) is 49.2. The first kappa shape index (κ1) is 81.7. The van der Waals surface area contributed by atoms with Crippen molar-refractivity contribution in [3.63, 3.8) is 0 Å². The third kappa shape index (κ3) is 15.5. The number of fused-ring (bicyclic) bond motifs is 16. The van der Waals surface area contributed by atoms with Gasteiger partial charge in [0, 0.05) is 142 Å². The number of aromatic nitrogens is 7. The lowest BCUT2D eigenvalue weighted by Crippen LogP contribution is -2.24. The first-order valence-electron chi connectivity index (χ1n) is 45.1. The van der Waals surface area contributed by atoms with Crippen molar-refractivity contribution in [2.24, 2.45) is 0 Å². The van der Waals surface area contributed by atoms with Crippen LogP contribution in [0.15, 0.2) is 473 Å². The third-order valence-electron chi connectivity index (χ3n) is 25.4. The van der Waals surface area contributed by atoms with Gasteiger partial charge >= 0.3 is 0 Å². The normalized spacial score (nSPS) is 11.6. The molecular weight excluding hydrogens is 1720 g/mol. The Morgan fingerprint density at radius 3 is 0.770 bits per heavy atom. The van der Waals surface area contributed by atoms with Gasteiger partial charge in [0.15, 0.2) is 18.8 Å². The van der Waals surface area contributed by atoms with Crippen molar-refractivity contribution in [1.82, 2.24) is 34.9 Å². The van der Waals surface area contributed by atoms with Crippen molar-refractivity contribution in [3.8, 4) is 124 Å². The number of hydrogen-bond donors (Lipinski definition) is 0. The Balaban J connectivity index is 0.000000111. The van der Waals surface area contributed by atoms with E-state index >= 15 is 0 Å². The van der Waals surface area contributed by atoms with Crippen molar-refractivity contribution in [1.29, 1.82) is 0 Å². The summed E-state index contributed by atoms with van der Waals surface area (Å²) in [4.78, 5) is 35.8. The van der Waals surface area contributed by atoms with Gasteiger partial charge in [0.1, 0.15) is 0 Å². The highest BCUT2D eigenvalue weighted by atomic mass is 32.1. The van der Waals surface area contributed by atoms with Gasteiger partial charge in [-0.3, -0.25) is 0 Å². The SMILES string of the molecule is O=P(c1ccccc1)(c1ccccc1)c1ccc(-c2ccc(-c3nc4ccccc4c4sc5ccccc5c34)cc2)cc1.c1ccc(-c2ccc(-c3cc(-c4ccc(-c5nc6ccccc6c6sc7ccccc7c56)cc4)nc(-c4ccccc4)n3)cc2)cc1.c1ccc(-c2ccc(-c3nc(-c4ccc(-c5nc6ccccc6c6sc7ccccc7c56)cc4)nc4ccccc34)cc2)cc1. The van der Waals surface area contributed by atoms with E-state index in [9.17, 15) is 4.57 Å². The van der Waals surface area contributed by atoms with E-state index in [1.165, 1.54) is 98.9 Å². The fourth-order valence-electron chi connectivity index (χ4n) is 18.6. The zero-order valence-electron chi connectivity index (χ0n) is 72.7. The van der Waals surface area contributed by atoms with Gasteiger partial charge in [0.05, 0.1) is 56.2 Å². The van der Waals surface area contributed by atoms with E-state index in [4.69, 9.17) is 34.9 Å². The maximum atomic E-state index is 14.7. The number of thiophene rings is 3. The molecule has 0 radical (unpaired) electrons. The largest absolute Gasteiger partial charge is 0.309 e. The van der Waals surface area contributed by atoms with Crippen molar-refractivity contribution >= 4 is 161 Å². The summed E-state index contributed by atoms with van der Waals surface area (Å²) in [6, 6.07) is 164. The highest BCUT2D eigenvalue weighted by Crippen LogP contribution is 2.49. The maximum Gasteiger partial charge on any atom is 0.171 e. The minimum absolute atomic E-state index is 0.706. The van der Waals surface area contributed by atoms with Crippen LogP contribution in [0.1, 0.15) is 0 Å². The van der Waals surface area contributed by atoms with Gasteiger partial charge < -0.3 is 4.57 Å². The molecule has 0 aliphatic rings. The molecule has 0 aliphatic heterocycles. The third-order valence-corrected chi connectivity index (χ3v) is 32.1. The molecule has 0 saturated carbocycles. The van der Waals surface area contributed by atoms with Crippen LogP contribution >= 0.6 is 41.2 Å². The number of rotatable bonds is 14. The van der Waals surface area contributed by atoms with Crippen LogP contribution in [0.3, 0.4) is 0 Å². The molecule has 8 aromatic heterocycles. The van der Waals surface area contributed by atoms with E-state index < -0.39 is 7.14 Å². The summed E-state index contributed by atoms with van der Waals surface area (Å²) in [5, 5.41) is 14.5. The second-order valence-corrected chi connectivity index (χ2v) is 39.5. The Kier molecular flexibility index (Phi) is 21.4. The van der Waals surface area contributed by atoms with Crippen LogP contribution < -0.4 is 15.9 Å². The van der Waals surface area contributed by atoms with E-state index in [1.54, 1.807) is 0 Å². The Hall–Kier alpha value is -16.5. The molecule has 0 amide bonds. The molecule has 0 spiro atoms. The zero-order valence-corrected chi connectivity index (χ0v) is 76.1. The lowest BCUT2D eigenvalue weighted by atomic mass is 9.99. The average molecular weight is 1800 g/mol. The molecule has 26 rings (SSSR count). The molecule has 18 aromatic carbocycles. The van der Waals surface area contributed by atoms with Crippen LogP contribution in [0.25, 0.3) is 228 Å². The summed E-state index contributed by atoms with van der Waals surface area (Å²) in [6.45, 7) is 0. The lowest BCUT2D eigenvalue weighted by Gasteiger charge is -2.20. The van der Waals surface area contributed by atoms with Gasteiger partial charge in [-0.15, -0.1) is 34.0 Å². The van der Waals surface area contributed by atoms with Gasteiger partial charge in [-0.05, 0) is 81.9 Å². The summed E-state index contributed by atoms with van der Waals surface area (Å²) < 4.78 is 22.4. The molecule has 12 heteroatoms. The molecule has 8 heterocycles. The van der Waals surface area contributed by atoms with Crippen molar-refractivity contribution < 1.29 is 4.57 Å². The minimum Gasteiger partial charge on any atom is -0.309 e. The molecule has 0 bridgehead atoms. The Labute approximate surface area is 791 Å². The molecular formula is C123H78N7OPS3. The monoisotopic (exact) mass is 1800 g/mol. The first-order chi connectivity index (χ1) is 66.8. The van der Waals surface area contributed by atoms with Gasteiger partial charge in [-0.2, -0.15) is 0 Å². The zero-order chi connectivity index (χ0) is 89.7. The Morgan fingerprint density at radius 1 is 0.170 bits per heavy atom. The molecule has 0 unspecified atom stereocenters. The Morgan fingerprint density at radius 2 is 0.407 bits per heavy atom. The van der Waals surface area contributed by atoms with E-state index in [2.05, 4.69) is 358 Å². The number of nitrogens with zero attached hydrogens (tertiary/aromatic N) is 7. The van der Waals surface area contributed by atoms with Crippen LogP contribution in [-0.4, -0.2) is 34.9 Å². The molecule has 0 N–H and O–H groups in total. The van der Waals surface area contributed by atoms with Gasteiger partial charge in [-0.25, -0.2) is 34.9 Å². The van der Waals surface area contributed by atoms with E-state index in [0.717, 1.165) is 133 Å². The highest BCUT2D eigenvalue weighted by Gasteiger charge is 2.30. The topological polar surface area (TPSA) is 107 Å². The quantitative estimate of drug-likeness (QED) is 0.0991. The van der Waals surface area contributed by atoms with E-state index in [-0.39, 0.29) is 0 Å². The summed E-state index contributed by atoms with van der Waals surface area (Å²) >= 11 is 5.52. The standard InChI is InChI=1S/C43H27N3S.C41H25N3S.C39H26NOPS/c1-3-11-28(12-4-1)29-19-21-30(22-20-29)37-27-38(46-43(45-37)33-13-5-2-6-14-33)31-23-25-32(26-24-31)41-40-35-16-8-10-18-39(35)47-42(40)34-15-7-9-17-36(34)44-41;1-2-10-26(11-3-1)27-18-20-28(21-19-27)38-31-12-4-7-15-34(31)43-41(44-38)30-24-22-29(23-25-30)39-37-33-14-6-9-17-36(33)45-40(37)32-13-5-8-16-35(32)42-39;41-42(30-11-3-1-4-12-30,31-13-5-2-6-14-31)32-25-23-28(24-26-32)27-19-21-29(22-20-27)38-37-34-16-8-10-18-36(34)43-39(37)33-15-7-9-17-35(33)40-38/h1-27H;1-25H;1-26H. The molecule has 0 saturated heterocycles. The molecule has 0 atom stereocenters. The summed E-state index contributed by atoms with van der Waals surface area (Å²) in [6.07, 6.45) is 0. The fraction of sp³-hybridized carbons (Fsp3) is 0. The van der Waals surface area contributed by atoms with Crippen LogP contribution in [0.4, 0.5) is 0 Å². The number of pyridine rings is 3. The minimum atomic E-state index is -3.00. The molecule has 8 nitrogen and oxygen atoms in total. The van der Waals surface area contributed by atoms with Crippen molar-refractivity contribution in [3.05, 3.63) is 473 Å². The van der Waals surface area contributed by atoms with Gasteiger partial charge in [0.25, 0.3) is 0 Å². The summed E-state index contributed by atoms with van der Waals surface area (Å²) in [5.74, 6) is 1.41. The average Bonchev–Trinajstić information content (AvgIpc) is 1.63. The van der Waals surface area contributed by atoms with E-state index in [1.807, 2.05) is 149 Å². The van der Waals surface area contributed by atoms with Gasteiger partial charge in [0.2, 0.25) is 0 Å². The maximum absolute atomic E-state index is 14.7. The predicted octanol–water partition coefficient (Wildman–Crippen LogP) is 32.5. The lowest BCUT2D eigenvalue weighted by molar-refractivity contribution is 0.592. The van der Waals surface area contributed by atoms with Gasteiger partial charge in [-0.1, -0.05) is 425 Å². The van der Waals surface area contributed by atoms with Crippen molar-refractivity contribution in [2.45, 2.75) is 0 Å². The van der Waals surface area contributed by atoms with E-state index in [0.29, 0.717) is 11.6 Å². The fourth-order valence-corrected chi connectivity index (χ4v) is 25.0. The van der Waals surface area contributed by atoms with Crippen LogP contribution in [0.2, 0.25) is 0 Å². The van der Waals surface area contributed by atoms with Crippen LogP contribution in [-0.2, 0) is 4.57 Å². The molecule has 634 valence electrons. The second kappa shape index (κ2) is 35.3. The molecule has 0 fully saturated rings. The molecule has 26 aromatic rings. The van der Waals surface area contributed by atoms with Crippen LogP contribution in [0, 0.1) is 0 Å². The summed E-state index contributed by atoms with van der Waals surface area (Å²) in [5.41, 5.74) is 25.0. The van der Waals surface area contributed by atoms with Crippen molar-refractivity contribution in [2.75, 3.05) is 0 Å². The Bertz CT molecular complexity index is 8980. The smallest absolute Gasteiger partial charge is 0.171 e. The number of para-hydroxylation sites is 4. The second-order valence-electron chi connectivity index (χ2n) is 33.5. The molecule has 0 aliphatic carbocycles. The summed E-state index contributed by atoms with van der Waals surface area (Å²) in [7, 11) is -3.00.